The predicted molar refractivity (Wildman–Crippen MR) is 245 cm³/mol. The Morgan fingerprint density at radius 3 is 0.672 bits per heavy atom. The first-order chi connectivity index (χ1) is 31.1. The lowest BCUT2D eigenvalue weighted by atomic mass is 10.2. The van der Waals surface area contributed by atoms with Crippen molar-refractivity contribution in [2.45, 2.75) is 26.2 Å². The van der Waals surface area contributed by atoms with Crippen LogP contribution in [0.25, 0.3) is 0 Å². The molecule has 0 radical (unpaired) electrons. The maximum atomic E-state index is 13.4. The van der Waals surface area contributed by atoms with Crippen LogP contribution in [0, 0.1) is 0 Å². The van der Waals surface area contributed by atoms with E-state index in [-0.39, 0.29) is 49.8 Å². The molecule has 4 aromatic carbocycles. The molecule has 1 aliphatic rings. The molecular formula is C48H64N8O8. The lowest BCUT2D eigenvalue weighted by Gasteiger charge is -2.33. The van der Waals surface area contributed by atoms with E-state index in [1.165, 1.54) is 0 Å². The molecule has 1 heterocycles. The van der Waals surface area contributed by atoms with Gasteiger partial charge in [0.25, 0.3) is 0 Å². The van der Waals surface area contributed by atoms with Crippen LogP contribution in [-0.2, 0) is 45.4 Å². The third-order valence-electron chi connectivity index (χ3n) is 11.0. The number of hydrogen-bond donors (Lipinski definition) is 4. The van der Waals surface area contributed by atoms with Crippen LogP contribution in [0.15, 0.2) is 97.1 Å². The summed E-state index contributed by atoms with van der Waals surface area (Å²) in [7, 11) is 6.45. The Morgan fingerprint density at radius 2 is 0.516 bits per heavy atom. The van der Waals surface area contributed by atoms with Gasteiger partial charge >= 0.3 is 0 Å². The van der Waals surface area contributed by atoms with Crippen molar-refractivity contribution < 1.29 is 38.1 Å². The molecule has 0 saturated carbocycles. The van der Waals surface area contributed by atoms with Gasteiger partial charge in [-0.25, -0.2) is 0 Å². The molecule has 0 bridgehead atoms. The van der Waals surface area contributed by atoms with E-state index in [0.29, 0.717) is 78.5 Å². The first-order valence-corrected chi connectivity index (χ1v) is 21.6. The maximum Gasteiger partial charge on any atom is 0.234 e. The van der Waals surface area contributed by atoms with Crippen molar-refractivity contribution in [3.8, 4) is 23.0 Å². The number of carbonyl (C=O) groups excluding carboxylic acids is 4. The summed E-state index contributed by atoms with van der Waals surface area (Å²) in [6, 6.07) is 30.2. The molecule has 4 amide bonds. The minimum atomic E-state index is -0.137. The van der Waals surface area contributed by atoms with Crippen LogP contribution in [0.1, 0.15) is 22.3 Å². The second-order valence-corrected chi connectivity index (χ2v) is 15.6. The second-order valence-electron chi connectivity index (χ2n) is 15.6. The highest BCUT2D eigenvalue weighted by atomic mass is 16.5. The van der Waals surface area contributed by atoms with Crippen molar-refractivity contribution in [2.75, 3.05) is 107 Å². The third kappa shape index (κ3) is 17.5. The molecule has 0 unspecified atom stereocenters. The molecule has 0 aromatic heterocycles. The minimum Gasteiger partial charge on any atom is -0.497 e. The van der Waals surface area contributed by atoms with Crippen molar-refractivity contribution >= 4 is 23.6 Å². The summed E-state index contributed by atoms with van der Waals surface area (Å²) in [5.74, 6) is 2.41. The number of ether oxygens (including phenoxy) is 4. The topological polar surface area (TPSA) is 166 Å². The molecule has 4 N–H and O–H groups in total. The zero-order valence-corrected chi connectivity index (χ0v) is 37.6. The molecule has 344 valence electrons. The fraction of sp³-hybridized carbons (Fsp3) is 0.417. The van der Waals surface area contributed by atoms with E-state index in [9.17, 15) is 19.2 Å². The van der Waals surface area contributed by atoms with E-state index in [1.54, 1.807) is 28.4 Å². The van der Waals surface area contributed by atoms with Gasteiger partial charge < -0.3 is 40.2 Å². The van der Waals surface area contributed by atoms with Crippen LogP contribution in [0.4, 0.5) is 0 Å². The third-order valence-corrected chi connectivity index (χ3v) is 11.0. The summed E-state index contributed by atoms with van der Waals surface area (Å²) in [6.45, 7) is 5.87. The summed E-state index contributed by atoms with van der Waals surface area (Å²) < 4.78 is 21.1. The van der Waals surface area contributed by atoms with Crippen LogP contribution in [0.3, 0.4) is 0 Å². The Bertz CT molecular complexity index is 1730. The quantitative estimate of drug-likeness (QED) is 0.103. The van der Waals surface area contributed by atoms with E-state index in [1.807, 2.05) is 97.1 Å². The van der Waals surface area contributed by atoms with Crippen molar-refractivity contribution in [3.63, 3.8) is 0 Å². The fourth-order valence-electron chi connectivity index (χ4n) is 7.02. The van der Waals surface area contributed by atoms with Gasteiger partial charge in [-0.05, 0) is 70.8 Å². The number of amides is 4. The van der Waals surface area contributed by atoms with E-state index in [0.717, 1.165) is 45.3 Å². The highest BCUT2D eigenvalue weighted by Crippen LogP contribution is 2.14. The van der Waals surface area contributed by atoms with Crippen LogP contribution >= 0.6 is 0 Å². The highest BCUT2D eigenvalue weighted by Gasteiger charge is 2.22. The first-order valence-electron chi connectivity index (χ1n) is 21.6. The molecule has 0 aliphatic carbocycles. The average molecular weight is 881 g/mol. The van der Waals surface area contributed by atoms with Gasteiger partial charge in [0, 0.05) is 78.5 Å². The van der Waals surface area contributed by atoms with Gasteiger partial charge in [0.15, 0.2) is 0 Å². The zero-order valence-electron chi connectivity index (χ0n) is 37.6. The minimum absolute atomic E-state index is 0.131. The van der Waals surface area contributed by atoms with Crippen molar-refractivity contribution in [1.82, 2.24) is 40.9 Å². The van der Waals surface area contributed by atoms with Gasteiger partial charge in [-0.3, -0.25) is 38.8 Å². The molecule has 16 nitrogen and oxygen atoms in total. The molecule has 5 rings (SSSR count). The fourth-order valence-corrected chi connectivity index (χ4v) is 7.02. The van der Waals surface area contributed by atoms with Gasteiger partial charge in [0.1, 0.15) is 23.0 Å². The van der Waals surface area contributed by atoms with Crippen LogP contribution in [0.5, 0.6) is 23.0 Å². The summed E-state index contributed by atoms with van der Waals surface area (Å²) >= 11 is 0. The second kappa shape index (κ2) is 26.4. The molecule has 1 saturated heterocycles. The lowest BCUT2D eigenvalue weighted by Crippen LogP contribution is -2.51. The van der Waals surface area contributed by atoms with E-state index in [4.69, 9.17) is 18.9 Å². The summed E-state index contributed by atoms with van der Waals surface area (Å²) in [6.07, 6.45) is 0. The Balaban J connectivity index is 1.28. The Kier molecular flexibility index (Phi) is 20.2. The van der Waals surface area contributed by atoms with Gasteiger partial charge in [-0.15, -0.1) is 0 Å². The summed E-state index contributed by atoms with van der Waals surface area (Å²) in [5.41, 5.74) is 3.78. The lowest BCUT2D eigenvalue weighted by molar-refractivity contribution is -0.125. The molecule has 1 fully saturated rings. The predicted octanol–water partition coefficient (Wildman–Crippen LogP) is 2.51. The van der Waals surface area contributed by atoms with Gasteiger partial charge in [0.05, 0.1) is 54.6 Å². The summed E-state index contributed by atoms with van der Waals surface area (Å²) in [5, 5.41) is 12.2. The monoisotopic (exact) mass is 880 g/mol. The number of carbonyl (C=O) groups is 4. The van der Waals surface area contributed by atoms with Gasteiger partial charge in [0.2, 0.25) is 23.6 Å². The molecular weight excluding hydrogens is 817 g/mol. The maximum absolute atomic E-state index is 13.4. The van der Waals surface area contributed by atoms with E-state index in [2.05, 4.69) is 40.9 Å². The smallest absolute Gasteiger partial charge is 0.234 e. The van der Waals surface area contributed by atoms with Crippen molar-refractivity contribution in [2.24, 2.45) is 0 Å². The number of nitrogens with zero attached hydrogens (tertiary/aromatic N) is 4. The number of rotatable bonds is 20. The standard InChI is InChI=1S/C48H64N8O8/c1-61-41-13-5-37(6-14-41)29-49-45(57)33-53-21-23-54(34-46(58)50-30-38-7-15-42(62-2)16-8-38)25-27-56(36-48(60)52-32-40-11-19-44(64-4)20-12-40)28-26-55(24-22-53)35-47(59)51-31-39-9-17-43(63-3)18-10-39/h5-20H,21-36H2,1-4H3,(H,49,57)(H,50,58)(H,51,59)(H,52,60). The SMILES string of the molecule is COc1ccc(CNC(=O)CN2CCN(CC(=O)NCc3ccc(OC)cc3)CCN(CC(=O)NCc3ccc(OC)cc3)CCN(CC(=O)NCc3ccc(OC)cc3)CC2)cc1. The molecule has 4 aromatic rings. The number of methoxy groups -OCH3 is 4. The summed E-state index contributed by atoms with van der Waals surface area (Å²) in [4.78, 5) is 62.0. The van der Waals surface area contributed by atoms with Crippen LogP contribution in [0.2, 0.25) is 0 Å². The van der Waals surface area contributed by atoms with Crippen molar-refractivity contribution in [1.29, 1.82) is 0 Å². The Morgan fingerprint density at radius 1 is 0.344 bits per heavy atom. The Labute approximate surface area is 377 Å². The van der Waals surface area contributed by atoms with Crippen LogP contribution < -0.4 is 40.2 Å². The van der Waals surface area contributed by atoms with Gasteiger partial charge in [-0.1, -0.05) is 48.5 Å². The molecule has 16 heteroatoms. The molecule has 0 spiro atoms. The van der Waals surface area contributed by atoms with E-state index < -0.39 is 0 Å². The molecule has 64 heavy (non-hydrogen) atoms. The van der Waals surface area contributed by atoms with Crippen molar-refractivity contribution in [3.05, 3.63) is 119 Å². The molecule has 0 atom stereocenters. The largest absolute Gasteiger partial charge is 0.497 e. The average Bonchev–Trinajstić information content (AvgIpc) is 3.32. The van der Waals surface area contributed by atoms with E-state index >= 15 is 0 Å². The number of nitrogens with one attached hydrogen (secondary N) is 4. The van der Waals surface area contributed by atoms with Crippen LogP contribution in [-0.4, -0.2) is 150 Å². The normalized spacial score (nSPS) is 14.6. The molecule has 1 aliphatic heterocycles. The zero-order chi connectivity index (χ0) is 45.5. The number of benzene rings is 4. The number of hydrogen-bond acceptors (Lipinski definition) is 12. The highest BCUT2D eigenvalue weighted by molar-refractivity contribution is 5.79. The van der Waals surface area contributed by atoms with Gasteiger partial charge in [-0.2, -0.15) is 0 Å². The Hall–Kier alpha value is -6.20. The first kappa shape index (κ1) is 48.8.